The molecule has 1 heteroatoms. The Hall–Kier alpha value is -0.0400. The Morgan fingerprint density at radius 2 is 1.50 bits per heavy atom. The molecule has 0 aliphatic heterocycles. The van der Waals surface area contributed by atoms with Gasteiger partial charge < -0.3 is 5.11 Å². The van der Waals surface area contributed by atoms with Crippen LogP contribution in [0.2, 0.25) is 0 Å². The average Bonchev–Trinajstić information content (AvgIpc) is 2.68. The van der Waals surface area contributed by atoms with Crippen molar-refractivity contribution in [3.05, 3.63) is 0 Å². The molecule has 16 heavy (non-hydrogen) atoms. The maximum Gasteiger partial charge on any atom is 0.0568 e. The second-order valence-electron chi connectivity index (χ2n) is 5.52. The van der Waals surface area contributed by atoms with E-state index in [2.05, 4.69) is 6.92 Å². The van der Waals surface area contributed by atoms with Gasteiger partial charge >= 0.3 is 0 Å². The van der Waals surface area contributed by atoms with Gasteiger partial charge in [-0.2, -0.15) is 0 Å². The van der Waals surface area contributed by atoms with Crippen molar-refractivity contribution in [1.29, 1.82) is 0 Å². The van der Waals surface area contributed by atoms with Crippen molar-refractivity contribution in [2.24, 2.45) is 5.92 Å². The van der Waals surface area contributed by atoms with E-state index < -0.39 is 0 Å². The lowest BCUT2D eigenvalue weighted by atomic mass is 9.97. The summed E-state index contributed by atoms with van der Waals surface area (Å²) >= 11 is 0. The van der Waals surface area contributed by atoms with Gasteiger partial charge in [-0.15, -0.1) is 0 Å². The standard InChI is InChI=1S/C15H30O/c1-2-3-4-5-6-7-8-9-11-14-12-10-13-15(14)16/h14-16H,2-13H2,1H3. The Morgan fingerprint density at radius 1 is 0.875 bits per heavy atom. The molecular weight excluding hydrogens is 196 g/mol. The second-order valence-corrected chi connectivity index (χ2v) is 5.52. The van der Waals surface area contributed by atoms with E-state index in [1.165, 1.54) is 70.6 Å². The van der Waals surface area contributed by atoms with E-state index in [0.29, 0.717) is 5.92 Å². The van der Waals surface area contributed by atoms with E-state index >= 15 is 0 Å². The highest BCUT2D eigenvalue weighted by atomic mass is 16.3. The summed E-state index contributed by atoms with van der Waals surface area (Å²) in [5.41, 5.74) is 0. The van der Waals surface area contributed by atoms with E-state index in [0.717, 1.165) is 6.42 Å². The number of rotatable bonds is 9. The van der Waals surface area contributed by atoms with Crippen molar-refractivity contribution < 1.29 is 5.11 Å². The molecule has 0 bridgehead atoms. The summed E-state index contributed by atoms with van der Waals surface area (Å²) in [6.45, 7) is 2.27. The molecule has 2 atom stereocenters. The average molecular weight is 226 g/mol. The number of aliphatic hydroxyl groups excluding tert-OH is 1. The smallest absolute Gasteiger partial charge is 0.0568 e. The molecule has 96 valence electrons. The molecule has 0 aromatic heterocycles. The van der Waals surface area contributed by atoms with Gasteiger partial charge in [0.25, 0.3) is 0 Å². The zero-order chi connectivity index (χ0) is 11.6. The predicted octanol–water partition coefficient (Wildman–Crippen LogP) is 4.68. The molecule has 0 aromatic rings. The Balaban J connectivity index is 1.81. The third kappa shape index (κ3) is 5.89. The molecule has 0 saturated heterocycles. The Kier molecular flexibility index (Phi) is 7.92. The highest BCUT2D eigenvalue weighted by molar-refractivity contribution is 4.76. The SMILES string of the molecule is CCCCCCCCCCC1CCCC1O. The number of aliphatic hydroxyl groups is 1. The van der Waals surface area contributed by atoms with Crippen LogP contribution in [0.25, 0.3) is 0 Å². The minimum Gasteiger partial charge on any atom is -0.393 e. The van der Waals surface area contributed by atoms with Crippen molar-refractivity contribution in [2.75, 3.05) is 0 Å². The molecule has 0 aromatic carbocycles. The van der Waals surface area contributed by atoms with Crippen LogP contribution in [0, 0.1) is 5.92 Å². The first kappa shape index (κ1) is 14.0. The monoisotopic (exact) mass is 226 g/mol. The van der Waals surface area contributed by atoms with Crippen molar-refractivity contribution >= 4 is 0 Å². The molecule has 1 rings (SSSR count). The van der Waals surface area contributed by atoms with Crippen LogP contribution in [0.1, 0.15) is 84.0 Å². The minimum absolute atomic E-state index is 0.0320. The maximum atomic E-state index is 9.69. The molecule has 1 aliphatic rings. The number of hydrogen-bond donors (Lipinski definition) is 1. The third-order valence-corrected chi connectivity index (χ3v) is 4.05. The van der Waals surface area contributed by atoms with Gasteiger partial charge in [-0.3, -0.25) is 0 Å². The van der Waals surface area contributed by atoms with Crippen LogP contribution < -0.4 is 0 Å². The van der Waals surface area contributed by atoms with E-state index in [1.807, 2.05) is 0 Å². The highest BCUT2D eigenvalue weighted by Gasteiger charge is 2.23. The molecule has 1 fully saturated rings. The zero-order valence-electron chi connectivity index (χ0n) is 11.1. The summed E-state index contributed by atoms with van der Waals surface area (Å²) in [5.74, 6) is 0.639. The van der Waals surface area contributed by atoms with Crippen LogP contribution in [0.3, 0.4) is 0 Å². The fourth-order valence-electron chi connectivity index (χ4n) is 2.89. The number of unbranched alkanes of at least 4 members (excludes halogenated alkanes) is 7. The van der Waals surface area contributed by atoms with Crippen molar-refractivity contribution in [3.63, 3.8) is 0 Å². The van der Waals surface area contributed by atoms with Crippen LogP contribution >= 0.6 is 0 Å². The van der Waals surface area contributed by atoms with Gasteiger partial charge in [-0.05, 0) is 25.2 Å². The summed E-state index contributed by atoms with van der Waals surface area (Å²) in [5, 5.41) is 9.69. The van der Waals surface area contributed by atoms with Gasteiger partial charge in [-0.25, -0.2) is 0 Å². The van der Waals surface area contributed by atoms with E-state index in [-0.39, 0.29) is 6.10 Å². The first-order chi connectivity index (χ1) is 7.84. The Bertz CT molecular complexity index is 156. The van der Waals surface area contributed by atoms with Crippen molar-refractivity contribution in [1.82, 2.24) is 0 Å². The minimum atomic E-state index is 0.0320. The van der Waals surface area contributed by atoms with E-state index in [1.54, 1.807) is 0 Å². The van der Waals surface area contributed by atoms with E-state index in [4.69, 9.17) is 0 Å². The predicted molar refractivity (Wildman–Crippen MR) is 70.6 cm³/mol. The Labute approximate surface area is 102 Å². The van der Waals surface area contributed by atoms with Crippen LogP contribution in [0.15, 0.2) is 0 Å². The van der Waals surface area contributed by atoms with Gasteiger partial charge in [0.15, 0.2) is 0 Å². The molecule has 1 N–H and O–H groups in total. The van der Waals surface area contributed by atoms with Crippen LogP contribution in [-0.4, -0.2) is 11.2 Å². The lowest BCUT2D eigenvalue weighted by molar-refractivity contribution is 0.126. The summed E-state index contributed by atoms with van der Waals surface area (Å²) < 4.78 is 0. The van der Waals surface area contributed by atoms with Gasteiger partial charge in [0.2, 0.25) is 0 Å². The molecule has 0 heterocycles. The van der Waals surface area contributed by atoms with Gasteiger partial charge in [0.1, 0.15) is 0 Å². The largest absolute Gasteiger partial charge is 0.393 e. The van der Waals surface area contributed by atoms with Gasteiger partial charge in [-0.1, -0.05) is 64.7 Å². The molecule has 1 aliphatic carbocycles. The molecule has 1 saturated carbocycles. The lowest BCUT2D eigenvalue weighted by Gasteiger charge is -2.13. The maximum absolute atomic E-state index is 9.69. The first-order valence-corrected chi connectivity index (χ1v) is 7.52. The van der Waals surface area contributed by atoms with Crippen LogP contribution in [0.4, 0.5) is 0 Å². The molecule has 0 amide bonds. The molecular formula is C15H30O. The van der Waals surface area contributed by atoms with Crippen LogP contribution in [0.5, 0.6) is 0 Å². The highest BCUT2D eigenvalue weighted by Crippen LogP contribution is 2.29. The number of hydrogen-bond acceptors (Lipinski definition) is 1. The summed E-state index contributed by atoms with van der Waals surface area (Å²) in [6.07, 6.45) is 16.1. The van der Waals surface area contributed by atoms with Gasteiger partial charge in [0.05, 0.1) is 6.10 Å². The van der Waals surface area contributed by atoms with Gasteiger partial charge in [0, 0.05) is 0 Å². The summed E-state index contributed by atoms with van der Waals surface area (Å²) in [4.78, 5) is 0. The molecule has 0 radical (unpaired) electrons. The third-order valence-electron chi connectivity index (χ3n) is 4.05. The quantitative estimate of drug-likeness (QED) is 0.566. The fourth-order valence-corrected chi connectivity index (χ4v) is 2.89. The first-order valence-electron chi connectivity index (χ1n) is 7.52. The van der Waals surface area contributed by atoms with Crippen molar-refractivity contribution in [3.8, 4) is 0 Å². The van der Waals surface area contributed by atoms with E-state index in [9.17, 15) is 5.11 Å². The second kappa shape index (κ2) is 9.04. The zero-order valence-corrected chi connectivity index (χ0v) is 11.1. The van der Waals surface area contributed by atoms with Crippen molar-refractivity contribution in [2.45, 2.75) is 90.1 Å². The Morgan fingerprint density at radius 3 is 2.06 bits per heavy atom. The molecule has 1 nitrogen and oxygen atoms in total. The fraction of sp³-hybridized carbons (Fsp3) is 1.00. The molecule has 0 spiro atoms. The topological polar surface area (TPSA) is 20.2 Å². The molecule has 2 unspecified atom stereocenters. The normalized spacial score (nSPS) is 25.1. The van der Waals surface area contributed by atoms with Crippen LogP contribution in [-0.2, 0) is 0 Å². The summed E-state index contributed by atoms with van der Waals surface area (Å²) in [6, 6.07) is 0. The lowest BCUT2D eigenvalue weighted by Crippen LogP contribution is -2.12. The summed E-state index contributed by atoms with van der Waals surface area (Å²) in [7, 11) is 0.